The summed E-state index contributed by atoms with van der Waals surface area (Å²) in [5, 5.41) is 11.3. The molecule has 7 nitrogen and oxygen atoms in total. The highest BCUT2D eigenvalue weighted by Crippen LogP contribution is 2.06. The molecular formula is C14H21NO6. The van der Waals surface area contributed by atoms with Gasteiger partial charge in [-0.3, -0.25) is 9.59 Å². The Hall–Kier alpha value is -2.23. The van der Waals surface area contributed by atoms with Crippen LogP contribution in [0.3, 0.4) is 0 Å². The molecule has 0 aromatic heterocycles. The van der Waals surface area contributed by atoms with E-state index < -0.39 is 29.6 Å². The highest BCUT2D eigenvalue weighted by atomic mass is 16.6. The zero-order chi connectivity index (χ0) is 16.5. The van der Waals surface area contributed by atoms with Crippen LogP contribution in [0, 0.1) is 17.8 Å². The van der Waals surface area contributed by atoms with Crippen LogP contribution in [0.2, 0.25) is 0 Å². The summed E-state index contributed by atoms with van der Waals surface area (Å²) in [6.07, 6.45) is -0.790. The van der Waals surface area contributed by atoms with E-state index in [1.54, 1.807) is 27.7 Å². The monoisotopic (exact) mass is 299 g/mol. The molecular weight excluding hydrogens is 278 g/mol. The third-order valence-electron chi connectivity index (χ3n) is 2.02. The van der Waals surface area contributed by atoms with Gasteiger partial charge in [-0.05, 0) is 27.7 Å². The minimum Gasteiger partial charge on any atom is -0.481 e. The molecule has 2 N–H and O–H groups in total. The van der Waals surface area contributed by atoms with Crippen molar-refractivity contribution in [3.63, 3.8) is 0 Å². The Morgan fingerprint density at radius 2 is 1.86 bits per heavy atom. The van der Waals surface area contributed by atoms with Crippen molar-refractivity contribution in [2.75, 3.05) is 13.2 Å². The van der Waals surface area contributed by atoms with Crippen molar-refractivity contribution in [1.29, 1.82) is 0 Å². The molecule has 0 bridgehead atoms. The van der Waals surface area contributed by atoms with Gasteiger partial charge in [-0.15, -0.1) is 0 Å². The third-order valence-corrected chi connectivity index (χ3v) is 2.02. The number of amides is 1. The van der Waals surface area contributed by atoms with Crippen LogP contribution in [0.5, 0.6) is 0 Å². The van der Waals surface area contributed by atoms with Crippen LogP contribution < -0.4 is 5.32 Å². The maximum Gasteiger partial charge on any atom is 0.408 e. The summed E-state index contributed by atoms with van der Waals surface area (Å²) in [6, 6.07) is 0. The number of nitrogens with one attached hydrogen (secondary N) is 1. The summed E-state index contributed by atoms with van der Waals surface area (Å²) in [4.78, 5) is 33.5. The first-order valence-electron chi connectivity index (χ1n) is 6.49. The maximum absolute atomic E-state index is 11.4. The number of hydrogen-bond acceptors (Lipinski definition) is 5. The van der Waals surface area contributed by atoms with Gasteiger partial charge >= 0.3 is 18.0 Å². The van der Waals surface area contributed by atoms with Gasteiger partial charge in [0.2, 0.25) is 0 Å². The van der Waals surface area contributed by atoms with Crippen LogP contribution in [0.4, 0.5) is 4.79 Å². The quantitative estimate of drug-likeness (QED) is 0.449. The van der Waals surface area contributed by atoms with Crippen molar-refractivity contribution in [3.8, 4) is 11.8 Å². The summed E-state index contributed by atoms with van der Waals surface area (Å²) in [5.41, 5.74) is -0.601. The standard InChI is InChI=1S/C14H21NO6/c1-5-20-12(18)10(11(16)17)8-6-7-9-15-13(19)21-14(2,3)4/h10H,5,8-9H2,1-4H3,(H,15,19)(H,16,17). The molecule has 7 heteroatoms. The molecule has 0 aromatic carbocycles. The van der Waals surface area contributed by atoms with E-state index in [0.717, 1.165) is 0 Å². The van der Waals surface area contributed by atoms with E-state index in [0.29, 0.717) is 0 Å². The number of esters is 1. The lowest BCUT2D eigenvalue weighted by atomic mass is 10.1. The Balaban J connectivity index is 4.24. The van der Waals surface area contributed by atoms with Crippen LogP contribution in [-0.4, -0.2) is 41.9 Å². The highest BCUT2D eigenvalue weighted by molar-refractivity contribution is 5.94. The number of carbonyl (C=O) groups is 3. The van der Waals surface area contributed by atoms with Gasteiger partial charge in [-0.2, -0.15) is 0 Å². The van der Waals surface area contributed by atoms with Gasteiger partial charge in [-0.1, -0.05) is 11.8 Å². The zero-order valence-corrected chi connectivity index (χ0v) is 12.7. The van der Waals surface area contributed by atoms with Gasteiger partial charge in [0.15, 0.2) is 5.92 Å². The molecule has 0 aliphatic carbocycles. The van der Waals surface area contributed by atoms with Crippen LogP contribution in [0.1, 0.15) is 34.1 Å². The molecule has 21 heavy (non-hydrogen) atoms. The minimum atomic E-state index is -1.32. The first kappa shape index (κ1) is 18.8. The van der Waals surface area contributed by atoms with Crippen molar-refractivity contribution in [2.45, 2.75) is 39.7 Å². The molecule has 0 aliphatic rings. The van der Waals surface area contributed by atoms with Gasteiger partial charge in [0.25, 0.3) is 0 Å². The summed E-state index contributed by atoms with van der Waals surface area (Å²) in [5.74, 6) is 1.64. The SMILES string of the molecule is CCOC(=O)C(CC#CCNC(=O)OC(C)(C)C)C(=O)O. The fourth-order valence-corrected chi connectivity index (χ4v) is 1.18. The van der Waals surface area contributed by atoms with E-state index in [1.165, 1.54) is 0 Å². The van der Waals surface area contributed by atoms with E-state index in [-0.39, 0.29) is 19.6 Å². The largest absolute Gasteiger partial charge is 0.481 e. The Labute approximate surface area is 124 Å². The molecule has 0 radical (unpaired) electrons. The lowest BCUT2D eigenvalue weighted by molar-refractivity contribution is -0.158. The van der Waals surface area contributed by atoms with Gasteiger partial charge < -0.3 is 19.9 Å². The van der Waals surface area contributed by atoms with E-state index >= 15 is 0 Å². The van der Waals surface area contributed by atoms with Crippen molar-refractivity contribution >= 4 is 18.0 Å². The number of carbonyl (C=O) groups excluding carboxylic acids is 2. The molecule has 0 saturated heterocycles. The number of ether oxygens (including phenoxy) is 2. The van der Waals surface area contributed by atoms with Crippen LogP contribution >= 0.6 is 0 Å². The lowest BCUT2D eigenvalue weighted by Gasteiger charge is -2.19. The Morgan fingerprint density at radius 3 is 2.33 bits per heavy atom. The lowest BCUT2D eigenvalue weighted by Crippen LogP contribution is -2.32. The third kappa shape index (κ3) is 9.32. The van der Waals surface area contributed by atoms with E-state index in [9.17, 15) is 14.4 Å². The summed E-state index contributed by atoms with van der Waals surface area (Å²) >= 11 is 0. The number of rotatable bonds is 5. The average Bonchev–Trinajstić information content (AvgIpc) is 2.30. The molecule has 1 atom stereocenters. The molecule has 0 heterocycles. The second-order valence-corrected chi connectivity index (χ2v) is 5.06. The number of carboxylic acids is 1. The van der Waals surface area contributed by atoms with Gasteiger partial charge in [-0.25, -0.2) is 4.79 Å². The molecule has 0 saturated carbocycles. The highest BCUT2D eigenvalue weighted by Gasteiger charge is 2.26. The summed E-state index contributed by atoms with van der Waals surface area (Å²) < 4.78 is 9.63. The molecule has 0 aromatic rings. The molecule has 0 fully saturated rings. The normalized spacial score (nSPS) is 11.6. The first-order chi connectivity index (χ1) is 9.67. The number of carboxylic acid groups (broad SMARTS) is 1. The predicted octanol–water partition coefficient (Wildman–Crippen LogP) is 1.17. The van der Waals surface area contributed by atoms with Gasteiger partial charge in [0, 0.05) is 6.42 Å². The Morgan fingerprint density at radius 1 is 1.24 bits per heavy atom. The van der Waals surface area contributed by atoms with Crippen LogP contribution in [-0.2, 0) is 19.1 Å². The molecule has 0 spiro atoms. The molecule has 0 rings (SSSR count). The van der Waals surface area contributed by atoms with Crippen molar-refractivity contribution in [2.24, 2.45) is 5.92 Å². The first-order valence-corrected chi connectivity index (χ1v) is 6.49. The summed E-state index contributed by atoms with van der Waals surface area (Å²) in [7, 11) is 0. The number of alkyl carbamates (subject to hydrolysis) is 1. The summed E-state index contributed by atoms with van der Waals surface area (Å²) in [6.45, 7) is 6.90. The number of hydrogen-bond donors (Lipinski definition) is 2. The van der Waals surface area contributed by atoms with Crippen molar-refractivity contribution in [1.82, 2.24) is 5.32 Å². The van der Waals surface area contributed by atoms with E-state index in [2.05, 4.69) is 21.9 Å². The topological polar surface area (TPSA) is 102 Å². The van der Waals surface area contributed by atoms with Gasteiger partial charge in [0.05, 0.1) is 13.2 Å². The van der Waals surface area contributed by atoms with Crippen molar-refractivity contribution in [3.05, 3.63) is 0 Å². The van der Waals surface area contributed by atoms with Crippen LogP contribution in [0.15, 0.2) is 0 Å². The smallest absolute Gasteiger partial charge is 0.408 e. The second-order valence-electron chi connectivity index (χ2n) is 5.06. The molecule has 1 unspecified atom stereocenters. The fourth-order valence-electron chi connectivity index (χ4n) is 1.18. The second kappa shape index (κ2) is 8.84. The predicted molar refractivity (Wildman–Crippen MR) is 74.4 cm³/mol. The minimum absolute atomic E-state index is 0.00405. The van der Waals surface area contributed by atoms with E-state index in [1.807, 2.05) is 0 Å². The molecule has 118 valence electrons. The Bertz CT molecular complexity index is 441. The number of aliphatic carboxylic acids is 1. The van der Waals surface area contributed by atoms with Crippen molar-refractivity contribution < 1.29 is 29.0 Å². The molecule has 1 amide bonds. The molecule has 0 aliphatic heterocycles. The average molecular weight is 299 g/mol. The Kier molecular flexibility index (Phi) is 7.91. The van der Waals surface area contributed by atoms with Gasteiger partial charge in [0.1, 0.15) is 5.60 Å². The fraction of sp³-hybridized carbons (Fsp3) is 0.643. The van der Waals surface area contributed by atoms with E-state index in [4.69, 9.17) is 9.84 Å². The van der Waals surface area contributed by atoms with Crippen LogP contribution in [0.25, 0.3) is 0 Å². The maximum atomic E-state index is 11.4. The zero-order valence-electron chi connectivity index (χ0n) is 12.7.